The summed E-state index contributed by atoms with van der Waals surface area (Å²) >= 11 is 0. The number of rotatable bonds is 6. The predicted octanol–water partition coefficient (Wildman–Crippen LogP) is 1.07. The van der Waals surface area contributed by atoms with Gasteiger partial charge < -0.3 is 15.7 Å². The molecule has 19 heavy (non-hydrogen) atoms. The quantitative estimate of drug-likeness (QED) is 0.721. The molecule has 0 aromatic heterocycles. The molecular formula is C13H17FN2O3. The summed E-state index contributed by atoms with van der Waals surface area (Å²) in [5.74, 6) is -1.82. The lowest BCUT2D eigenvalue weighted by molar-refractivity contribution is -0.141. The molecular weight excluding hydrogens is 251 g/mol. The minimum Gasteiger partial charge on any atom is -0.480 e. The molecule has 2 atom stereocenters. The summed E-state index contributed by atoms with van der Waals surface area (Å²) in [7, 11) is 0. The van der Waals surface area contributed by atoms with Crippen LogP contribution in [0.2, 0.25) is 0 Å². The molecule has 3 N–H and O–H groups in total. The molecule has 0 aliphatic rings. The fourth-order valence-corrected chi connectivity index (χ4v) is 1.61. The van der Waals surface area contributed by atoms with E-state index >= 15 is 0 Å². The van der Waals surface area contributed by atoms with Crippen LogP contribution in [0.15, 0.2) is 24.3 Å². The highest BCUT2D eigenvalue weighted by Crippen LogP contribution is 2.12. The number of carbonyl (C=O) groups is 2. The molecule has 5 nitrogen and oxygen atoms in total. The van der Waals surface area contributed by atoms with Gasteiger partial charge in [0.15, 0.2) is 0 Å². The van der Waals surface area contributed by atoms with Gasteiger partial charge in [-0.25, -0.2) is 9.18 Å². The molecule has 0 saturated heterocycles. The number of halogens is 1. The van der Waals surface area contributed by atoms with E-state index in [1.54, 1.807) is 12.1 Å². The lowest BCUT2D eigenvalue weighted by Gasteiger charge is -2.18. The molecule has 0 aliphatic heterocycles. The summed E-state index contributed by atoms with van der Waals surface area (Å²) in [6.07, 6.45) is 0. The number of benzene rings is 1. The molecule has 6 heteroatoms. The number of hydrogen-bond acceptors (Lipinski definition) is 3. The van der Waals surface area contributed by atoms with E-state index < -0.39 is 17.9 Å². The van der Waals surface area contributed by atoms with Gasteiger partial charge in [0.1, 0.15) is 11.9 Å². The van der Waals surface area contributed by atoms with E-state index in [0.717, 1.165) is 5.56 Å². The average Bonchev–Trinajstić information content (AvgIpc) is 2.34. The van der Waals surface area contributed by atoms with Crippen LogP contribution >= 0.6 is 0 Å². The molecule has 0 fully saturated rings. The van der Waals surface area contributed by atoms with Crippen molar-refractivity contribution in [2.75, 3.05) is 6.54 Å². The third-order valence-electron chi connectivity index (χ3n) is 2.67. The monoisotopic (exact) mass is 268 g/mol. The molecule has 1 aromatic carbocycles. The number of aliphatic carboxylic acids is 1. The van der Waals surface area contributed by atoms with Crippen molar-refractivity contribution in [3.8, 4) is 0 Å². The van der Waals surface area contributed by atoms with Crippen LogP contribution < -0.4 is 10.6 Å². The number of amides is 1. The first kappa shape index (κ1) is 15.1. The van der Waals surface area contributed by atoms with Gasteiger partial charge in [0.25, 0.3) is 0 Å². The van der Waals surface area contributed by atoms with Crippen molar-refractivity contribution in [2.45, 2.75) is 25.9 Å². The molecule has 104 valence electrons. The third kappa shape index (κ3) is 5.05. The van der Waals surface area contributed by atoms with E-state index in [2.05, 4.69) is 10.6 Å². The van der Waals surface area contributed by atoms with Crippen LogP contribution in [0.3, 0.4) is 0 Å². The first-order chi connectivity index (χ1) is 8.90. The van der Waals surface area contributed by atoms with Gasteiger partial charge in [0, 0.05) is 19.5 Å². The van der Waals surface area contributed by atoms with E-state index in [9.17, 15) is 14.0 Å². The molecule has 1 amide bonds. The van der Waals surface area contributed by atoms with Gasteiger partial charge in [0.2, 0.25) is 5.91 Å². The lowest BCUT2D eigenvalue weighted by Crippen LogP contribution is -2.46. The number of carbonyl (C=O) groups excluding carboxylic acids is 1. The maximum atomic E-state index is 12.8. The van der Waals surface area contributed by atoms with Gasteiger partial charge in [-0.05, 0) is 24.6 Å². The highest BCUT2D eigenvalue weighted by Gasteiger charge is 2.19. The van der Waals surface area contributed by atoms with Gasteiger partial charge in [-0.2, -0.15) is 0 Å². The molecule has 0 heterocycles. The normalized spacial score (nSPS) is 13.6. The van der Waals surface area contributed by atoms with Crippen LogP contribution in [0.1, 0.15) is 25.5 Å². The van der Waals surface area contributed by atoms with Crippen molar-refractivity contribution < 1.29 is 19.1 Å². The minimum atomic E-state index is -1.10. The van der Waals surface area contributed by atoms with Crippen molar-refractivity contribution in [3.05, 3.63) is 35.6 Å². The van der Waals surface area contributed by atoms with Crippen molar-refractivity contribution in [1.29, 1.82) is 0 Å². The van der Waals surface area contributed by atoms with E-state index in [1.165, 1.54) is 19.1 Å². The number of carboxylic acids is 1. The summed E-state index contributed by atoms with van der Waals surface area (Å²) < 4.78 is 12.8. The zero-order chi connectivity index (χ0) is 14.4. The van der Waals surface area contributed by atoms with Crippen LogP contribution in [-0.4, -0.2) is 29.6 Å². The Morgan fingerprint density at radius 1 is 1.32 bits per heavy atom. The fraction of sp³-hybridized carbons (Fsp3) is 0.385. The van der Waals surface area contributed by atoms with E-state index in [4.69, 9.17) is 5.11 Å². The Morgan fingerprint density at radius 3 is 2.37 bits per heavy atom. The Bertz CT molecular complexity index is 448. The van der Waals surface area contributed by atoms with Crippen molar-refractivity contribution in [3.63, 3.8) is 0 Å². The second-order valence-corrected chi connectivity index (χ2v) is 4.27. The molecule has 0 aliphatic carbocycles. The number of carboxylic acid groups (broad SMARTS) is 1. The highest BCUT2D eigenvalue weighted by atomic mass is 19.1. The summed E-state index contributed by atoms with van der Waals surface area (Å²) in [4.78, 5) is 21.8. The van der Waals surface area contributed by atoms with Gasteiger partial charge in [0.05, 0.1) is 0 Å². The first-order valence-electron chi connectivity index (χ1n) is 5.89. The van der Waals surface area contributed by atoms with Crippen LogP contribution in [0, 0.1) is 5.82 Å². The van der Waals surface area contributed by atoms with Crippen LogP contribution in [0.4, 0.5) is 4.39 Å². The molecule has 0 spiro atoms. The topological polar surface area (TPSA) is 78.4 Å². The molecule has 0 radical (unpaired) electrons. The van der Waals surface area contributed by atoms with E-state index in [1.807, 2.05) is 6.92 Å². The third-order valence-corrected chi connectivity index (χ3v) is 2.67. The fourth-order valence-electron chi connectivity index (χ4n) is 1.61. The summed E-state index contributed by atoms with van der Waals surface area (Å²) in [5.41, 5.74) is 0.841. The molecule has 1 rings (SSSR count). The van der Waals surface area contributed by atoms with Gasteiger partial charge in [-0.15, -0.1) is 0 Å². The zero-order valence-electron chi connectivity index (χ0n) is 10.8. The van der Waals surface area contributed by atoms with Crippen molar-refractivity contribution in [2.24, 2.45) is 0 Å². The molecule has 1 aromatic rings. The largest absolute Gasteiger partial charge is 0.480 e. The highest BCUT2D eigenvalue weighted by molar-refractivity contribution is 5.82. The Morgan fingerprint density at radius 2 is 1.89 bits per heavy atom. The standard InChI is InChI=1S/C13H17FN2O3/c1-8(10-3-5-11(14)6-4-10)15-7-12(13(18)19)16-9(2)17/h3-6,8,12,15H,7H2,1-2H3,(H,16,17)(H,18,19). The lowest BCUT2D eigenvalue weighted by atomic mass is 10.1. The zero-order valence-corrected chi connectivity index (χ0v) is 10.8. The Hall–Kier alpha value is -1.95. The van der Waals surface area contributed by atoms with E-state index in [0.29, 0.717) is 0 Å². The minimum absolute atomic E-state index is 0.0907. The molecule has 0 bridgehead atoms. The number of nitrogens with one attached hydrogen (secondary N) is 2. The maximum Gasteiger partial charge on any atom is 0.327 e. The summed E-state index contributed by atoms with van der Waals surface area (Å²) in [5, 5.41) is 14.3. The van der Waals surface area contributed by atoms with Crippen LogP contribution in [0.5, 0.6) is 0 Å². The van der Waals surface area contributed by atoms with Gasteiger partial charge in [-0.3, -0.25) is 4.79 Å². The van der Waals surface area contributed by atoms with Crippen LogP contribution in [0.25, 0.3) is 0 Å². The predicted molar refractivity (Wildman–Crippen MR) is 68.1 cm³/mol. The first-order valence-corrected chi connectivity index (χ1v) is 5.89. The van der Waals surface area contributed by atoms with Crippen LogP contribution in [-0.2, 0) is 9.59 Å². The van der Waals surface area contributed by atoms with Gasteiger partial charge >= 0.3 is 5.97 Å². The summed E-state index contributed by atoms with van der Waals surface area (Å²) in [6, 6.07) is 4.81. The second kappa shape index (κ2) is 6.84. The molecule has 0 saturated carbocycles. The Labute approximate surface area is 110 Å². The van der Waals surface area contributed by atoms with Crippen molar-refractivity contribution >= 4 is 11.9 Å². The van der Waals surface area contributed by atoms with Gasteiger partial charge in [-0.1, -0.05) is 12.1 Å². The Kier molecular flexibility index (Phi) is 5.44. The molecule has 2 unspecified atom stereocenters. The average molecular weight is 268 g/mol. The summed E-state index contributed by atoms with van der Waals surface area (Å²) in [6.45, 7) is 3.19. The second-order valence-electron chi connectivity index (χ2n) is 4.27. The smallest absolute Gasteiger partial charge is 0.327 e. The van der Waals surface area contributed by atoms with Crippen molar-refractivity contribution in [1.82, 2.24) is 10.6 Å². The Balaban J connectivity index is 2.56. The SMILES string of the molecule is CC(=O)NC(CNC(C)c1ccc(F)cc1)C(=O)O. The maximum absolute atomic E-state index is 12.8. The van der Waals surface area contributed by atoms with E-state index in [-0.39, 0.29) is 18.4 Å². The number of hydrogen-bond donors (Lipinski definition) is 3.